The van der Waals surface area contributed by atoms with E-state index in [-0.39, 0.29) is 5.54 Å². The van der Waals surface area contributed by atoms with Crippen LogP contribution in [-0.4, -0.2) is 54.6 Å². The molecule has 0 aromatic heterocycles. The molecule has 2 heterocycles. The molecule has 2 unspecified atom stereocenters. The monoisotopic (exact) mass is 253 g/mol. The highest BCUT2D eigenvalue weighted by molar-refractivity contribution is 5.03. The third-order valence-corrected chi connectivity index (χ3v) is 5.33. The van der Waals surface area contributed by atoms with Crippen LogP contribution in [0.1, 0.15) is 46.0 Å². The minimum absolute atomic E-state index is 0.269. The quantitative estimate of drug-likeness (QED) is 0.831. The fourth-order valence-corrected chi connectivity index (χ4v) is 4.00. The molecule has 3 heteroatoms. The van der Waals surface area contributed by atoms with Gasteiger partial charge in [0.1, 0.15) is 0 Å². The first-order valence-electron chi connectivity index (χ1n) is 7.76. The zero-order valence-corrected chi connectivity index (χ0v) is 12.5. The number of nitrogens with zero attached hydrogens (tertiary/aromatic N) is 2. The maximum atomic E-state index is 6.15. The molecule has 0 aromatic rings. The minimum atomic E-state index is 0.269. The Morgan fingerprint density at radius 3 is 2.39 bits per heavy atom. The van der Waals surface area contributed by atoms with Gasteiger partial charge in [-0.25, -0.2) is 0 Å². The number of nitrogens with two attached hydrogens (primary N) is 1. The summed E-state index contributed by atoms with van der Waals surface area (Å²) in [6.07, 6.45) is 6.77. The highest BCUT2D eigenvalue weighted by atomic mass is 15.3. The van der Waals surface area contributed by atoms with Crippen molar-refractivity contribution in [2.45, 2.75) is 57.5 Å². The van der Waals surface area contributed by atoms with E-state index in [4.69, 9.17) is 5.73 Å². The lowest BCUT2D eigenvalue weighted by Gasteiger charge is -2.44. The first-order valence-corrected chi connectivity index (χ1v) is 7.76. The van der Waals surface area contributed by atoms with Crippen LogP contribution in [0, 0.1) is 5.92 Å². The third kappa shape index (κ3) is 2.73. The number of hydrogen-bond donors (Lipinski definition) is 1. The van der Waals surface area contributed by atoms with Crippen LogP contribution in [0.5, 0.6) is 0 Å². The number of likely N-dealkylation sites (tertiary alicyclic amines) is 2. The fourth-order valence-electron chi connectivity index (χ4n) is 4.00. The SMILES string of the molecule is CCCC1CCN(C2(CN)CC(C)N(C)C2)CC1. The summed E-state index contributed by atoms with van der Waals surface area (Å²) in [5.41, 5.74) is 6.42. The maximum Gasteiger partial charge on any atom is 0.0473 e. The van der Waals surface area contributed by atoms with E-state index in [9.17, 15) is 0 Å². The van der Waals surface area contributed by atoms with Gasteiger partial charge in [0.2, 0.25) is 0 Å². The van der Waals surface area contributed by atoms with Crippen molar-refractivity contribution in [2.24, 2.45) is 11.7 Å². The lowest BCUT2D eigenvalue weighted by Crippen LogP contribution is -2.57. The Morgan fingerprint density at radius 2 is 1.94 bits per heavy atom. The second-order valence-electron chi connectivity index (χ2n) is 6.62. The Balaban J connectivity index is 1.95. The van der Waals surface area contributed by atoms with Crippen molar-refractivity contribution >= 4 is 0 Å². The van der Waals surface area contributed by atoms with Gasteiger partial charge in [0, 0.05) is 24.7 Å². The topological polar surface area (TPSA) is 32.5 Å². The van der Waals surface area contributed by atoms with E-state index in [2.05, 4.69) is 30.7 Å². The summed E-state index contributed by atoms with van der Waals surface area (Å²) in [4.78, 5) is 5.18. The molecule has 2 N–H and O–H groups in total. The van der Waals surface area contributed by atoms with E-state index in [0.29, 0.717) is 6.04 Å². The molecule has 2 atom stereocenters. The Bertz CT molecular complexity index is 248. The predicted octanol–water partition coefficient (Wildman–Crippen LogP) is 1.92. The molecule has 0 radical (unpaired) electrons. The normalized spacial score (nSPS) is 36.3. The van der Waals surface area contributed by atoms with E-state index in [1.807, 2.05) is 0 Å². The zero-order valence-electron chi connectivity index (χ0n) is 12.5. The van der Waals surface area contributed by atoms with Gasteiger partial charge in [0.25, 0.3) is 0 Å². The Morgan fingerprint density at radius 1 is 1.28 bits per heavy atom. The van der Waals surface area contributed by atoms with Gasteiger partial charge in [-0.1, -0.05) is 19.8 Å². The summed E-state index contributed by atoms with van der Waals surface area (Å²) >= 11 is 0. The van der Waals surface area contributed by atoms with E-state index < -0.39 is 0 Å². The van der Waals surface area contributed by atoms with Gasteiger partial charge in [-0.2, -0.15) is 0 Å². The summed E-state index contributed by atoms with van der Waals surface area (Å²) in [5.74, 6) is 0.970. The van der Waals surface area contributed by atoms with Crippen molar-refractivity contribution in [3.63, 3.8) is 0 Å². The van der Waals surface area contributed by atoms with Gasteiger partial charge in [0.15, 0.2) is 0 Å². The third-order valence-electron chi connectivity index (χ3n) is 5.33. The average Bonchev–Trinajstić information content (AvgIpc) is 2.68. The maximum absolute atomic E-state index is 6.15. The molecular formula is C15H31N3. The van der Waals surface area contributed by atoms with Crippen LogP contribution in [0.25, 0.3) is 0 Å². The van der Waals surface area contributed by atoms with E-state index in [1.165, 1.54) is 45.2 Å². The van der Waals surface area contributed by atoms with Crippen molar-refractivity contribution < 1.29 is 0 Å². The molecule has 106 valence electrons. The van der Waals surface area contributed by atoms with Crippen molar-refractivity contribution in [2.75, 3.05) is 33.2 Å². The molecule has 2 aliphatic rings. The van der Waals surface area contributed by atoms with Crippen LogP contribution >= 0.6 is 0 Å². The Kier molecular flexibility index (Phi) is 4.68. The fraction of sp³-hybridized carbons (Fsp3) is 1.00. The molecule has 0 amide bonds. The Labute approximate surface area is 113 Å². The predicted molar refractivity (Wildman–Crippen MR) is 77.7 cm³/mol. The van der Waals surface area contributed by atoms with Crippen LogP contribution in [0.4, 0.5) is 0 Å². The summed E-state index contributed by atoms with van der Waals surface area (Å²) < 4.78 is 0. The van der Waals surface area contributed by atoms with E-state index in [0.717, 1.165) is 19.0 Å². The number of piperidine rings is 1. The van der Waals surface area contributed by atoms with Crippen LogP contribution in [-0.2, 0) is 0 Å². The Hall–Kier alpha value is -0.120. The highest BCUT2D eigenvalue weighted by Crippen LogP contribution is 2.34. The standard InChI is InChI=1S/C15H31N3/c1-4-5-14-6-8-18(9-7-14)15(11-16)10-13(2)17(3)12-15/h13-14H,4-12,16H2,1-3H3. The molecule has 0 bridgehead atoms. The smallest absolute Gasteiger partial charge is 0.0473 e. The van der Waals surface area contributed by atoms with Gasteiger partial charge >= 0.3 is 0 Å². The minimum Gasteiger partial charge on any atom is -0.329 e. The van der Waals surface area contributed by atoms with Gasteiger partial charge in [-0.15, -0.1) is 0 Å². The van der Waals surface area contributed by atoms with Crippen molar-refractivity contribution in [1.29, 1.82) is 0 Å². The van der Waals surface area contributed by atoms with Crippen molar-refractivity contribution in [1.82, 2.24) is 9.80 Å². The van der Waals surface area contributed by atoms with Crippen LogP contribution in [0.2, 0.25) is 0 Å². The van der Waals surface area contributed by atoms with Gasteiger partial charge in [0.05, 0.1) is 0 Å². The van der Waals surface area contributed by atoms with Crippen LogP contribution < -0.4 is 5.73 Å². The molecule has 2 saturated heterocycles. The molecule has 0 saturated carbocycles. The number of likely N-dealkylation sites (N-methyl/N-ethyl adjacent to an activating group) is 1. The second-order valence-corrected chi connectivity index (χ2v) is 6.62. The summed E-state index contributed by atoms with van der Waals surface area (Å²) in [6, 6.07) is 0.682. The van der Waals surface area contributed by atoms with Crippen molar-refractivity contribution in [3.05, 3.63) is 0 Å². The zero-order chi connectivity index (χ0) is 13.2. The second kappa shape index (κ2) is 5.89. The largest absolute Gasteiger partial charge is 0.329 e. The molecular weight excluding hydrogens is 222 g/mol. The first kappa shape index (κ1) is 14.3. The van der Waals surface area contributed by atoms with Crippen molar-refractivity contribution in [3.8, 4) is 0 Å². The first-order chi connectivity index (χ1) is 8.61. The van der Waals surface area contributed by atoms with E-state index in [1.54, 1.807) is 0 Å². The lowest BCUT2D eigenvalue weighted by atomic mass is 9.87. The molecule has 2 fully saturated rings. The molecule has 0 spiro atoms. The average molecular weight is 253 g/mol. The molecule has 18 heavy (non-hydrogen) atoms. The van der Waals surface area contributed by atoms with E-state index >= 15 is 0 Å². The lowest BCUT2D eigenvalue weighted by molar-refractivity contribution is 0.0597. The van der Waals surface area contributed by atoms with Crippen LogP contribution in [0.3, 0.4) is 0 Å². The number of rotatable bonds is 4. The molecule has 0 aliphatic carbocycles. The molecule has 3 nitrogen and oxygen atoms in total. The number of hydrogen-bond acceptors (Lipinski definition) is 3. The highest BCUT2D eigenvalue weighted by Gasteiger charge is 2.44. The molecule has 2 rings (SSSR count). The molecule has 0 aromatic carbocycles. The molecule has 2 aliphatic heterocycles. The summed E-state index contributed by atoms with van der Waals surface area (Å²) in [7, 11) is 2.24. The summed E-state index contributed by atoms with van der Waals surface area (Å²) in [6.45, 7) is 9.15. The summed E-state index contributed by atoms with van der Waals surface area (Å²) in [5, 5.41) is 0. The van der Waals surface area contributed by atoms with Gasteiger partial charge < -0.3 is 10.6 Å². The van der Waals surface area contributed by atoms with Crippen LogP contribution in [0.15, 0.2) is 0 Å². The van der Waals surface area contributed by atoms with Gasteiger partial charge in [-0.05, 0) is 52.2 Å². The van der Waals surface area contributed by atoms with Gasteiger partial charge in [-0.3, -0.25) is 4.90 Å².